The average molecular weight is 700 g/mol. The van der Waals surface area contributed by atoms with Gasteiger partial charge in [0.25, 0.3) is 0 Å². The van der Waals surface area contributed by atoms with Gasteiger partial charge in [-0.25, -0.2) is 14.6 Å². The van der Waals surface area contributed by atoms with E-state index in [1.165, 1.54) is 4.90 Å². The van der Waals surface area contributed by atoms with E-state index in [0.29, 0.717) is 49.1 Å². The number of hydrogen-bond acceptors (Lipinski definition) is 9. The van der Waals surface area contributed by atoms with E-state index >= 15 is 0 Å². The van der Waals surface area contributed by atoms with Crippen LogP contribution in [0.3, 0.4) is 0 Å². The number of carbonyl (C=O) groups is 4. The van der Waals surface area contributed by atoms with Crippen LogP contribution in [-0.4, -0.2) is 75.7 Å². The van der Waals surface area contributed by atoms with Gasteiger partial charge in [-0.15, -0.1) is 0 Å². The molecular weight excluding hydrogens is 650 g/mol. The third-order valence-corrected chi connectivity index (χ3v) is 10.7. The van der Waals surface area contributed by atoms with Gasteiger partial charge in [0.15, 0.2) is 0 Å². The molecule has 6 rings (SSSR count). The number of amides is 3. The van der Waals surface area contributed by atoms with Crippen molar-refractivity contribution in [3.63, 3.8) is 0 Å². The molecule has 4 heterocycles. The standard InChI is InChI=1S/C39H49N5O7/c1-6-49-35(47)39-19-16-26(39)12-10-8-7-9-11-13-30(42-36(48)51-37(3,4)5)34(46)44-23-38(21-31(44)33(45)43-39)18-17-27-28-20-25(22-40)14-15-29(28)41-24(2)32(27)50-38/h10,12,14-15,20,26,30-31H,6-9,11,13,16-19,21,23H2,1-5H3,(H,42,48)(H,43,45). The number of nitriles is 1. The summed E-state index contributed by atoms with van der Waals surface area (Å²) >= 11 is 0. The van der Waals surface area contributed by atoms with E-state index < -0.39 is 52.7 Å². The lowest BCUT2D eigenvalue weighted by Crippen LogP contribution is -2.67. The number of aromatic nitrogens is 1. The van der Waals surface area contributed by atoms with Crippen LogP contribution in [0, 0.1) is 24.2 Å². The molecule has 0 bridgehead atoms. The maximum absolute atomic E-state index is 14.6. The van der Waals surface area contributed by atoms with Crippen LogP contribution in [-0.2, 0) is 30.3 Å². The highest BCUT2D eigenvalue weighted by molar-refractivity contribution is 5.96. The fraction of sp³-hybridized carbons (Fsp3) is 0.590. The molecule has 3 aliphatic heterocycles. The minimum absolute atomic E-state index is 0.0985. The van der Waals surface area contributed by atoms with Crippen molar-refractivity contribution in [2.75, 3.05) is 13.2 Å². The molecule has 2 fully saturated rings. The van der Waals surface area contributed by atoms with E-state index in [0.717, 1.165) is 42.1 Å². The lowest BCUT2D eigenvalue weighted by atomic mass is 9.66. The molecule has 1 spiro atoms. The van der Waals surface area contributed by atoms with Gasteiger partial charge in [-0.3, -0.25) is 9.59 Å². The lowest BCUT2D eigenvalue weighted by molar-refractivity contribution is -0.161. The summed E-state index contributed by atoms with van der Waals surface area (Å²) in [5.74, 6) is -0.979. The molecule has 1 aliphatic carbocycles. The van der Waals surface area contributed by atoms with Crippen molar-refractivity contribution in [1.29, 1.82) is 5.26 Å². The fourth-order valence-corrected chi connectivity index (χ4v) is 8.03. The minimum Gasteiger partial charge on any atom is -0.483 e. The van der Waals surface area contributed by atoms with Gasteiger partial charge >= 0.3 is 12.1 Å². The monoisotopic (exact) mass is 699 g/mol. The molecule has 5 unspecified atom stereocenters. The summed E-state index contributed by atoms with van der Waals surface area (Å²) in [7, 11) is 0. The zero-order chi connectivity index (χ0) is 36.6. The molecule has 2 aromatic rings. The van der Waals surface area contributed by atoms with Gasteiger partial charge < -0.3 is 29.7 Å². The highest BCUT2D eigenvalue weighted by atomic mass is 16.6. The second kappa shape index (κ2) is 14.2. The highest BCUT2D eigenvalue weighted by Gasteiger charge is 2.58. The van der Waals surface area contributed by atoms with Crippen molar-refractivity contribution in [3.05, 3.63) is 47.2 Å². The topological polar surface area (TPSA) is 160 Å². The first kappa shape index (κ1) is 36.1. The average Bonchev–Trinajstić information content (AvgIpc) is 3.44. The van der Waals surface area contributed by atoms with Crippen LogP contribution < -0.4 is 15.4 Å². The zero-order valence-electron chi connectivity index (χ0n) is 30.3. The number of benzene rings is 1. The Bertz CT molecular complexity index is 1790. The Kier molecular flexibility index (Phi) is 10.0. The molecule has 1 aromatic carbocycles. The molecule has 272 valence electrons. The summed E-state index contributed by atoms with van der Waals surface area (Å²) in [6.07, 6.45) is 9.33. The first-order valence-electron chi connectivity index (χ1n) is 18.3. The largest absolute Gasteiger partial charge is 0.483 e. The summed E-state index contributed by atoms with van der Waals surface area (Å²) in [6, 6.07) is 5.68. The molecule has 2 N–H and O–H groups in total. The van der Waals surface area contributed by atoms with Crippen molar-refractivity contribution >= 4 is 34.8 Å². The number of fused-ring (bicyclic) bond motifs is 5. The predicted molar refractivity (Wildman–Crippen MR) is 189 cm³/mol. The van der Waals surface area contributed by atoms with Crippen molar-refractivity contribution in [1.82, 2.24) is 20.5 Å². The van der Waals surface area contributed by atoms with Gasteiger partial charge in [0.05, 0.1) is 36.0 Å². The van der Waals surface area contributed by atoms with Crippen molar-refractivity contribution in [3.8, 4) is 11.8 Å². The molecule has 12 heteroatoms. The molecule has 1 saturated heterocycles. The Morgan fingerprint density at radius 1 is 1.18 bits per heavy atom. The van der Waals surface area contributed by atoms with Crippen molar-refractivity contribution < 1.29 is 33.4 Å². The van der Waals surface area contributed by atoms with E-state index in [-0.39, 0.29) is 25.5 Å². The molecule has 0 radical (unpaired) electrons. The number of hydrogen-bond donors (Lipinski definition) is 2. The van der Waals surface area contributed by atoms with Crippen molar-refractivity contribution in [2.45, 2.75) is 128 Å². The summed E-state index contributed by atoms with van der Waals surface area (Å²) in [4.78, 5) is 62.0. The number of esters is 1. The Hall–Kier alpha value is -4.66. The van der Waals surface area contributed by atoms with Crippen LogP contribution >= 0.6 is 0 Å². The van der Waals surface area contributed by atoms with Crippen LogP contribution in [0.25, 0.3) is 10.9 Å². The third kappa shape index (κ3) is 7.26. The Morgan fingerprint density at radius 2 is 1.98 bits per heavy atom. The number of pyridine rings is 1. The van der Waals surface area contributed by atoms with E-state index in [4.69, 9.17) is 19.2 Å². The van der Waals surface area contributed by atoms with Crippen LogP contribution in [0.2, 0.25) is 0 Å². The number of aryl methyl sites for hydroxylation is 2. The maximum atomic E-state index is 14.6. The second-order valence-corrected chi connectivity index (χ2v) is 15.4. The van der Waals surface area contributed by atoms with E-state index in [2.05, 4.69) is 22.8 Å². The highest BCUT2D eigenvalue weighted by Crippen LogP contribution is 2.46. The van der Waals surface area contributed by atoms with Crippen molar-refractivity contribution in [2.24, 2.45) is 5.92 Å². The number of rotatable bonds is 3. The predicted octanol–water partition coefficient (Wildman–Crippen LogP) is 5.32. The normalized spacial score (nSPS) is 28.1. The summed E-state index contributed by atoms with van der Waals surface area (Å²) in [5.41, 5.74) is -0.0361. The third-order valence-electron chi connectivity index (χ3n) is 10.7. The fourth-order valence-electron chi connectivity index (χ4n) is 8.03. The quantitative estimate of drug-likeness (QED) is 0.319. The number of ether oxygens (including phenoxy) is 3. The maximum Gasteiger partial charge on any atom is 0.408 e. The van der Waals surface area contributed by atoms with Crippen LogP contribution in [0.4, 0.5) is 4.79 Å². The zero-order valence-corrected chi connectivity index (χ0v) is 30.3. The van der Waals surface area contributed by atoms with E-state index in [9.17, 15) is 24.4 Å². The second-order valence-electron chi connectivity index (χ2n) is 15.4. The molecule has 5 atom stereocenters. The molecule has 12 nitrogen and oxygen atoms in total. The summed E-state index contributed by atoms with van der Waals surface area (Å²) in [6.45, 7) is 9.16. The Labute approximate surface area is 299 Å². The number of allylic oxidation sites excluding steroid dienone is 1. The van der Waals surface area contributed by atoms with Gasteiger partial charge in [0.2, 0.25) is 11.8 Å². The number of nitrogens with one attached hydrogen (secondary N) is 2. The van der Waals surface area contributed by atoms with Gasteiger partial charge in [0.1, 0.15) is 34.6 Å². The molecule has 1 saturated carbocycles. The molecule has 4 aliphatic rings. The molecule has 3 amide bonds. The van der Waals surface area contributed by atoms with Crippen LogP contribution in [0.15, 0.2) is 30.4 Å². The lowest BCUT2D eigenvalue weighted by Gasteiger charge is -2.47. The number of carbonyl (C=O) groups excluding carboxylic acids is 4. The molecule has 51 heavy (non-hydrogen) atoms. The van der Waals surface area contributed by atoms with E-state index in [1.54, 1.807) is 33.8 Å². The number of nitrogens with zero attached hydrogens (tertiary/aromatic N) is 3. The Balaban J connectivity index is 1.38. The Morgan fingerprint density at radius 3 is 2.69 bits per heavy atom. The number of alkyl carbamates (subject to hydrolysis) is 1. The first-order chi connectivity index (χ1) is 24.3. The van der Waals surface area contributed by atoms with Crippen LogP contribution in [0.1, 0.15) is 102 Å². The van der Waals surface area contributed by atoms with Gasteiger partial charge in [-0.2, -0.15) is 5.26 Å². The minimum atomic E-state index is -1.24. The molecular formula is C39H49N5O7. The van der Waals surface area contributed by atoms with E-state index in [1.807, 2.05) is 25.1 Å². The van der Waals surface area contributed by atoms with Gasteiger partial charge in [-0.1, -0.05) is 25.0 Å². The summed E-state index contributed by atoms with van der Waals surface area (Å²) in [5, 5.41) is 16.3. The van der Waals surface area contributed by atoms with Gasteiger partial charge in [-0.05, 0) is 97.8 Å². The van der Waals surface area contributed by atoms with Gasteiger partial charge in [0, 0.05) is 23.3 Å². The SMILES string of the molecule is CCOC(=O)C12CCC1C=CCCCCCC(NC(=O)OC(C)(C)C)C(=O)N1CC3(CCc4c(c(C)nc5ccc(C#N)cc45)O3)CC1C(=O)N2. The van der Waals surface area contributed by atoms with Crippen LogP contribution in [0.5, 0.6) is 5.75 Å². The summed E-state index contributed by atoms with van der Waals surface area (Å²) < 4.78 is 17.9. The molecule has 1 aromatic heterocycles. The smallest absolute Gasteiger partial charge is 0.408 e. The first-order valence-corrected chi connectivity index (χ1v) is 18.3.